The topological polar surface area (TPSA) is 67.4 Å². The number of fused-ring (bicyclic) bond motifs is 1. The molecule has 2 amide bonds. The molecule has 0 saturated heterocycles. The number of hydrogen-bond acceptors (Lipinski definition) is 3. The average molecular weight is 438 g/mol. The number of carbonyl (C=O) groups excluding carboxylic acids is 2. The molecule has 1 aliphatic heterocycles. The highest BCUT2D eigenvalue weighted by atomic mass is 79.9. The monoisotopic (exact) mass is 436 g/mol. The van der Waals surface area contributed by atoms with Gasteiger partial charge >= 0.3 is 0 Å². The van der Waals surface area contributed by atoms with Gasteiger partial charge in [-0.15, -0.1) is 0 Å². The fourth-order valence-electron chi connectivity index (χ4n) is 2.77. The molecule has 3 rings (SSSR count). The lowest BCUT2D eigenvalue weighted by atomic mass is 10.0. The quantitative estimate of drug-likeness (QED) is 0.746. The summed E-state index contributed by atoms with van der Waals surface area (Å²) in [6.07, 6.45) is 0.923. The second kappa shape index (κ2) is 8.56. The zero-order valence-electron chi connectivity index (χ0n) is 13.9. The van der Waals surface area contributed by atoms with Gasteiger partial charge in [-0.05, 0) is 42.5 Å². The van der Waals surface area contributed by atoms with Crippen LogP contribution >= 0.6 is 27.5 Å². The lowest BCUT2D eigenvalue weighted by Gasteiger charge is -2.27. The third-order valence-corrected chi connectivity index (χ3v) is 4.84. The van der Waals surface area contributed by atoms with Crippen LogP contribution in [0.5, 0.6) is 5.75 Å². The molecule has 0 spiro atoms. The molecule has 2 aromatic carbocycles. The Kier molecular flexibility index (Phi) is 6.16. The van der Waals surface area contributed by atoms with Crippen LogP contribution < -0.4 is 15.4 Å². The minimum absolute atomic E-state index is 0.0873. The molecule has 1 unspecified atom stereocenters. The van der Waals surface area contributed by atoms with Gasteiger partial charge in [0.25, 0.3) is 5.91 Å². The summed E-state index contributed by atoms with van der Waals surface area (Å²) in [5, 5.41) is 6.33. The van der Waals surface area contributed by atoms with E-state index in [1.807, 2.05) is 18.2 Å². The molecule has 1 heterocycles. The first kappa shape index (κ1) is 18.7. The van der Waals surface area contributed by atoms with Gasteiger partial charge in [-0.2, -0.15) is 0 Å². The highest BCUT2D eigenvalue weighted by Crippen LogP contribution is 2.34. The number of nitrogens with one attached hydrogen (secondary N) is 2. The van der Waals surface area contributed by atoms with Gasteiger partial charge in [-0.3, -0.25) is 9.59 Å². The summed E-state index contributed by atoms with van der Waals surface area (Å²) < 4.78 is 6.56. The van der Waals surface area contributed by atoms with E-state index in [2.05, 4.69) is 26.6 Å². The molecule has 0 aliphatic carbocycles. The predicted molar refractivity (Wildman–Crippen MR) is 104 cm³/mol. The van der Waals surface area contributed by atoms with E-state index in [0.29, 0.717) is 23.6 Å². The van der Waals surface area contributed by atoms with Gasteiger partial charge in [0.05, 0.1) is 12.6 Å². The summed E-state index contributed by atoms with van der Waals surface area (Å²) in [4.78, 5) is 24.3. The Balaban J connectivity index is 1.50. The SMILES string of the molecule is O=C(CCNC(=O)c1ccc(Cl)cc1)NC1CCOc2ccc(Br)cc21. The summed E-state index contributed by atoms with van der Waals surface area (Å²) in [6.45, 7) is 0.828. The number of rotatable bonds is 5. The van der Waals surface area contributed by atoms with E-state index in [0.717, 1.165) is 15.8 Å². The van der Waals surface area contributed by atoms with E-state index >= 15 is 0 Å². The van der Waals surface area contributed by atoms with Crippen molar-refractivity contribution in [3.8, 4) is 5.75 Å². The third kappa shape index (κ3) is 4.77. The van der Waals surface area contributed by atoms with E-state index in [-0.39, 0.29) is 30.8 Å². The highest BCUT2D eigenvalue weighted by Gasteiger charge is 2.23. The Morgan fingerprint density at radius 1 is 1.19 bits per heavy atom. The molecule has 1 atom stereocenters. The molecule has 7 heteroatoms. The van der Waals surface area contributed by atoms with Crippen LogP contribution in [0.4, 0.5) is 0 Å². The molecule has 5 nitrogen and oxygen atoms in total. The number of halogens is 2. The van der Waals surface area contributed by atoms with Crippen LogP contribution in [0.2, 0.25) is 5.02 Å². The van der Waals surface area contributed by atoms with Gasteiger partial charge in [0.15, 0.2) is 0 Å². The molecule has 0 bridgehead atoms. The Morgan fingerprint density at radius 3 is 2.73 bits per heavy atom. The van der Waals surface area contributed by atoms with Crippen molar-refractivity contribution in [1.29, 1.82) is 0 Å². The normalized spacial score (nSPS) is 15.5. The van der Waals surface area contributed by atoms with Gasteiger partial charge in [0.2, 0.25) is 5.91 Å². The summed E-state index contributed by atoms with van der Waals surface area (Å²) >= 11 is 9.25. The maximum absolute atomic E-state index is 12.2. The summed E-state index contributed by atoms with van der Waals surface area (Å²) in [5.74, 6) is 0.454. The van der Waals surface area contributed by atoms with Gasteiger partial charge in [-0.25, -0.2) is 0 Å². The molecular formula is C19H18BrClN2O3. The van der Waals surface area contributed by atoms with E-state index < -0.39 is 0 Å². The number of benzene rings is 2. The second-order valence-electron chi connectivity index (χ2n) is 5.95. The van der Waals surface area contributed by atoms with Crippen LogP contribution in [0.25, 0.3) is 0 Å². The summed E-state index contributed by atoms with van der Waals surface area (Å²) in [6, 6.07) is 12.3. The number of hydrogen-bond donors (Lipinski definition) is 2. The first-order valence-corrected chi connectivity index (χ1v) is 9.45. The van der Waals surface area contributed by atoms with Crippen LogP contribution in [0, 0.1) is 0 Å². The van der Waals surface area contributed by atoms with E-state index in [1.54, 1.807) is 24.3 Å². The molecule has 0 aromatic heterocycles. The number of amides is 2. The summed E-state index contributed by atoms with van der Waals surface area (Å²) in [5.41, 5.74) is 1.47. The van der Waals surface area contributed by atoms with Crippen molar-refractivity contribution in [2.45, 2.75) is 18.9 Å². The van der Waals surface area contributed by atoms with Crippen molar-refractivity contribution in [3.05, 3.63) is 63.1 Å². The lowest BCUT2D eigenvalue weighted by molar-refractivity contribution is -0.121. The molecule has 2 aromatic rings. The van der Waals surface area contributed by atoms with Crippen LogP contribution in [0.3, 0.4) is 0 Å². The fraction of sp³-hybridized carbons (Fsp3) is 0.263. The van der Waals surface area contributed by atoms with Gasteiger partial charge in [0, 0.05) is 40.0 Å². The van der Waals surface area contributed by atoms with Crippen molar-refractivity contribution in [1.82, 2.24) is 10.6 Å². The van der Waals surface area contributed by atoms with Gasteiger partial charge in [-0.1, -0.05) is 27.5 Å². The maximum Gasteiger partial charge on any atom is 0.251 e. The minimum Gasteiger partial charge on any atom is -0.493 e. The Bertz CT molecular complexity index is 811. The lowest BCUT2D eigenvalue weighted by Crippen LogP contribution is -2.35. The van der Waals surface area contributed by atoms with Crippen molar-refractivity contribution in [2.24, 2.45) is 0 Å². The standard InChI is InChI=1S/C19H18BrClN2O3/c20-13-3-6-17-15(11-13)16(8-10-26-17)23-18(24)7-9-22-19(25)12-1-4-14(21)5-2-12/h1-6,11,16H,7-10H2,(H,22,25)(H,23,24). The maximum atomic E-state index is 12.2. The molecule has 0 saturated carbocycles. The average Bonchev–Trinajstić information content (AvgIpc) is 2.62. The Hall–Kier alpha value is -2.05. The molecule has 0 radical (unpaired) electrons. The van der Waals surface area contributed by atoms with Crippen LogP contribution in [-0.2, 0) is 4.79 Å². The zero-order valence-corrected chi connectivity index (χ0v) is 16.3. The first-order chi connectivity index (χ1) is 12.5. The second-order valence-corrected chi connectivity index (χ2v) is 7.30. The van der Waals surface area contributed by atoms with Crippen molar-refractivity contribution < 1.29 is 14.3 Å². The largest absolute Gasteiger partial charge is 0.493 e. The van der Waals surface area contributed by atoms with E-state index in [9.17, 15) is 9.59 Å². The minimum atomic E-state index is -0.227. The number of ether oxygens (including phenoxy) is 1. The Morgan fingerprint density at radius 2 is 1.96 bits per heavy atom. The van der Waals surface area contributed by atoms with Gasteiger partial charge < -0.3 is 15.4 Å². The van der Waals surface area contributed by atoms with Crippen LogP contribution in [-0.4, -0.2) is 25.0 Å². The third-order valence-electron chi connectivity index (χ3n) is 4.09. The van der Waals surface area contributed by atoms with E-state index in [4.69, 9.17) is 16.3 Å². The molecule has 2 N–H and O–H groups in total. The smallest absolute Gasteiger partial charge is 0.251 e. The molecular weight excluding hydrogens is 420 g/mol. The van der Waals surface area contributed by atoms with Gasteiger partial charge in [0.1, 0.15) is 5.75 Å². The predicted octanol–water partition coefficient (Wildman–Crippen LogP) is 3.86. The zero-order chi connectivity index (χ0) is 18.5. The summed E-state index contributed by atoms with van der Waals surface area (Å²) in [7, 11) is 0. The molecule has 0 fully saturated rings. The first-order valence-electron chi connectivity index (χ1n) is 8.28. The van der Waals surface area contributed by atoms with Crippen molar-refractivity contribution in [2.75, 3.05) is 13.2 Å². The molecule has 26 heavy (non-hydrogen) atoms. The van der Waals surface area contributed by atoms with Crippen LogP contribution in [0.1, 0.15) is 34.8 Å². The number of carbonyl (C=O) groups is 2. The highest BCUT2D eigenvalue weighted by molar-refractivity contribution is 9.10. The van der Waals surface area contributed by atoms with Crippen LogP contribution in [0.15, 0.2) is 46.9 Å². The van der Waals surface area contributed by atoms with E-state index in [1.165, 1.54) is 0 Å². The van der Waals surface area contributed by atoms with Crippen molar-refractivity contribution >= 4 is 39.3 Å². The molecule has 136 valence electrons. The van der Waals surface area contributed by atoms with Crippen molar-refractivity contribution in [3.63, 3.8) is 0 Å². The Labute approximate surface area is 165 Å². The fourth-order valence-corrected chi connectivity index (χ4v) is 3.28. The molecule has 1 aliphatic rings.